The van der Waals surface area contributed by atoms with E-state index < -0.39 is 0 Å². The van der Waals surface area contributed by atoms with Crippen LogP contribution in [0.2, 0.25) is 0 Å². The summed E-state index contributed by atoms with van der Waals surface area (Å²) < 4.78 is 1.61. The van der Waals surface area contributed by atoms with Crippen LogP contribution in [0.5, 0.6) is 0 Å². The van der Waals surface area contributed by atoms with Crippen molar-refractivity contribution < 1.29 is 0 Å². The number of anilines is 1. The number of benzene rings is 1. The Hall–Kier alpha value is -2.28. The number of para-hydroxylation sites is 1. The summed E-state index contributed by atoms with van der Waals surface area (Å²) in [6.45, 7) is 0.592. The Balaban J connectivity index is 0.00000225. The van der Waals surface area contributed by atoms with E-state index in [1.165, 1.54) is 0 Å². The van der Waals surface area contributed by atoms with Gasteiger partial charge in [0.2, 0.25) is 0 Å². The molecule has 1 aliphatic carbocycles. The summed E-state index contributed by atoms with van der Waals surface area (Å²) in [7, 11) is 0. The fourth-order valence-electron chi connectivity index (χ4n) is 2.47. The maximum absolute atomic E-state index is 9.37. The smallest absolute Gasteiger partial charge is 0.188 e. The summed E-state index contributed by atoms with van der Waals surface area (Å²) >= 11 is 0. The van der Waals surface area contributed by atoms with Crippen LogP contribution in [0.15, 0.2) is 35.3 Å². The topological polar surface area (TPSA) is 118 Å². The average molecular weight is 451 g/mol. The Morgan fingerprint density at radius 3 is 2.72 bits per heavy atom. The number of guanidine groups is 1. The number of aryl methyl sites for hydroxylation is 1. The van der Waals surface area contributed by atoms with Crippen molar-refractivity contribution in [3.63, 3.8) is 0 Å². The van der Waals surface area contributed by atoms with Crippen molar-refractivity contribution >= 4 is 35.8 Å². The van der Waals surface area contributed by atoms with Gasteiger partial charge in [0.05, 0.1) is 11.4 Å². The Kier molecular flexibility index (Phi) is 6.64. The first-order chi connectivity index (χ1) is 11.7. The van der Waals surface area contributed by atoms with Gasteiger partial charge in [-0.05, 0) is 37.8 Å². The fourth-order valence-corrected chi connectivity index (χ4v) is 2.47. The van der Waals surface area contributed by atoms with Crippen molar-refractivity contribution in [2.24, 2.45) is 10.7 Å². The molecule has 1 saturated carbocycles. The molecule has 3 rings (SSSR count). The molecule has 0 aliphatic heterocycles. The number of nitriles is 1. The molecular weight excluding hydrogens is 429 g/mol. The van der Waals surface area contributed by atoms with Crippen LogP contribution in [0.1, 0.15) is 30.5 Å². The predicted octanol–water partition coefficient (Wildman–Crippen LogP) is 1.94. The Labute approximate surface area is 164 Å². The number of aliphatic imine (C=N–C) groups is 1. The highest BCUT2D eigenvalue weighted by Gasteiger charge is 2.21. The SMILES string of the molecule is I.N#Cc1c(CCCN=C(N)NC2CC2)nn(-c2ccccc2)c1N. The van der Waals surface area contributed by atoms with Crippen LogP contribution >= 0.6 is 24.0 Å². The van der Waals surface area contributed by atoms with Gasteiger partial charge < -0.3 is 16.8 Å². The van der Waals surface area contributed by atoms with Gasteiger partial charge in [0.1, 0.15) is 17.5 Å². The first-order valence-corrected chi connectivity index (χ1v) is 8.08. The van der Waals surface area contributed by atoms with E-state index in [9.17, 15) is 5.26 Å². The number of nitrogens with zero attached hydrogens (tertiary/aromatic N) is 4. The molecule has 7 nitrogen and oxygen atoms in total. The van der Waals surface area contributed by atoms with Crippen molar-refractivity contribution in [3.8, 4) is 11.8 Å². The molecule has 1 aromatic heterocycles. The lowest BCUT2D eigenvalue weighted by molar-refractivity contribution is 0.770. The third-order valence-electron chi connectivity index (χ3n) is 3.89. The highest BCUT2D eigenvalue weighted by atomic mass is 127. The fraction of sp³-hybridized carbons (Fsp3) is 0.353. The van der Waals surface area contributed by atoms with Crippen LogP contribution in [0.4, 0.5) is 5.82 Å². The van der Waals surface area contributed by atoms with Gasteiger partial charge in [0.15, 0.2) is 5.96 Å². The molecule has 25 heavy (non-hydrogen) atoms. The lowest BCUT2D eigenvalue weighted by Crippen LogP contribution is -2.33. The first kappa shape index (κ1) is 19.1. The normalized spacial score (nSPS) is 13.8. The van der Waals surface area contributed by atoms with Gasteiger partial charge in [-0.2, -0.15) is 10.4 Å². The second kappa shape index (κ2) is 8.71. The maximum Gasteiger partial charge on any atom is 0.188 e. The van der Waals surface area contributed by atoms with Crippen molar-refractivity contribution in [1.82, 2.24) is 15.1 Å². The van der Waals surface area contributed by atoms with Crippen LogP contribution in [0.25, 0.3) is 5.69 Å². The molecule has 0 spiro atoms. The first-order valence-electron chi connectivity index (χ1n) is 8.08. The van der Waals surface area contributed by atoms with Crippen molar-refractivity contribution in [1.29, 1.82) is 5.26 Å². The molecule has 0 radical (unpaired) electrons. The van der Waals surface area contributed by atoms with Gasteiger partial charge in [-0.3, -0.25) is 4.99 Å². The van der Waals surface area contributed by atoms with Crippen LogP contribution in [-0.4, -0.2) is 28.3 Å². The number of nitrogens with two attached hydrogens (primary N) is 2. The number of aromatic nitrogens is 2. The second-order valence-electron chi connectivity index (χ2n) is 5.86. The van der Waals surface area contributed by atoms with E-state index in [1.807, 2.05) is 30.3 Å². The van der Waals surface area contributed by atoms with Crippen molar-refractivity contribution in [2.75, 3.05) is 12.3 Å². The van der Waals surface area contributed by atoms with Gasteiger partial charge in [0, 0.05) is 12.6 Å². The molecule has 0 unspecified atom stereocenters. The van der Waals surface area contributed by atoms with E-state index in [0.29, 0.717) is 42.0 Å². The lowest BCUT2D eigenvalue weighted by Gasteiger charge is -2.03. The molecule has 0 atom stereocenters. The molecule has 0 amide bonds. The minimum absolute atomic E-state index is 0. The van der Waals surface area contributed by atoms with Crippen molar-refractivity contribution in [3.05, 3.63) is 41.6 Å². The Bertz CT molecular complexity index is 772. The summed E-state index contributed by atoms with van der Waals surface area (Å²) in [5.74, 6) is 0.865. The zero-order valence-corrected chi connectivity index (χ0v) is 16.2. The average Bonchev–Trinajstić information content (AvgIpc) is 3.34. The van der Waals surface area contributed by atoms with E-state index in [4.69, 9.17) is 11.5 Å². The van der Waals surface area contributed by atoms with E-state index in [-0.39, 0.29) is 24.0 Å². The Morgan fingerprint density at radius 1 is 1.36 bits per heavy atom. The predicted molar refractivity (Wildman–Crippen MR) is 109 cm³/mol. The molecule has 0 saturated heterocycles. The molecule has 1 fully saturated rings. The molecule has 1 aliphatic rings. The largest absolute Gasteiger partial charge is 0.382 e. The number of hydrogen-bond donors (Lipinski definition) is 3. The molecule has 1 aromatic carbocycles. The van der Waals surface area contributed by atoms with Crippen LogP contribution in [0, 0.1) is 11.3 Å². The zero-order chi connectivity index (χ0) is 16.9. The lowest BCUT2D eigenvalue weighted by atomic mass is 10.1. The summed E-state index contributed by atoms with van der Waals surface area (Å²) in [6, 6.07) is 12.2. The van der Waals surface area contributed by atoms with Crippen molar-refractivity contribution in [2.45, 2.75) is 31.7 Å². The standard InChI is InChI=1S/C17H21N7.HI/c18-11-14-15(7-4-10-21-17(20)22-12-8-9-12)23-24(16(14)19)13-5-2-1-3-6-13;/h1-3,5-6,12H,4,7-10,19H2,(H3,20,21,22);1H. The maximum atomic E-state index is 9.37. The Morgan fingerprint density at radius 2 is 2.08 bits per heavy atom. The van der Waals surface area contributed by atoms with Gasteiger partial charge in [-0.15, -0.1) is 24.0 Å². The van der Waals surface area contributed by atoms with E-state index in [0.717, 1.165) is 24.9 Å². The number of halogens is 1. The van der Waals surface area contributed by atoms with Gasteiger partial charge >= 0.3 is 0 Å². The van der Waals surface area contributed by atoms with Crippen LogP contribution < -0.4 is 16.8 Å². The second-order valence-corrected chi connectivity index (χ2v) is 5.86. The van der Waals surface area contributed by atoms with Crippen LogP contribution in [-0.2, 0) is 6.42 Å². The van der Waals surface area contributed by atoms with E-state index in [1.54, 1.807) is 4.68 Å². The molecule has 8 heteroatoms. The minimum atomic E-state index is 0. The third kappa shape index (κ3) is 4.85. The van der Waals surface area contributed by atoms with Gasteiger partial charge in [-0.1, -0.05) is 18.2 Å². The molecule has 0 bridgehead atoms. The van der Waals surface area contributed by atoms with E-state index in [2.05, 4.69) is 21.5 Å². The summed E-state index contributed by atoms with van der Waals surface area (Å²) in [5, 5.41) is 17.0. The number of nitrogen functional groups attached to an aromatic ring is 1. The summed E-state index contributed by atoms with van der Waals surface area (Å²) in [4.78, 5) is 4.30. The molecule has 5 N–H and O–H groups in total. The number of hydrogen-bond acceptors (Lipinski definition) is 4. The van der Waals surface area contributed by atoms with Gasteiger partial charge in [-0.25, -0.2) is 4.68 Å². The van der Waals surface area contributed by atoms with Gasteiger partial charge in [0.25, 0.3) is 0 Å². The minimum Gasteiger partial charge on any atom is -0.382 e. The molecule has 1 heterocycles. The molecule has 132 valence electrons. The highest BCUT2D eigenvalue weighted by Crippen LogP contribution is 2.21. The monoisotopic (exact) mass is 451 g/mol. The highest BCUT2D eigenvalue weighted by molar-refractivity contribution is 14.0. The number of nitrogens with one attached hydrogen (secondary N) is 1. The molecule has 2 aromatic rings. The number of rotatable bonds is 6. The zero-order valence-electron chi connectivity index (χ0n) is 13.9. The van der Waals surface area contributed by atoms with E-state index >= 15 is 0 Å². The quantitative estimate of drug-likeness (QED) is 0.269. The molecular formula is C17H22IN7. The summed E-state index contributed by atoms with van der Waals surface area (Å²) in [5.41, 5.74) is 13.9. The van der Waals surface area contributed by atoms with Crippen LogP contribution in [0.3, 0.4) is 0 Å². The summed E-state index contributed by atoms with van der Waals surface area (Å²) in [6.07, 6.45) is 3.72. The third-order valence-corrected chi connectivity index (χ3v) is 3.89.